The van der Waals surface area contributed by atoms with Gasteiger partial charge in [0, 0.05) is 19.8 Å². The van der Waals surface area contributed by atoms with E-state index < -0.39 is 0 Å². The second-order valence-electron chi connectivity index (χ2n) is 4.03. The zero-order valence-corrected chi connectivity index (χ0v) is 10.6. The van der Waals surface area contributed by atoms with E-state index in [4.69, 9.17) is 4.74 Å². The van der Waals surface area contributed by atoms with Crippen molar-refractivity contribution < 1.29 is 4.74 Å². The molecule has 0 bridgehead atoms. The Bertz CT molecular complexity index is 299. The van der Waals surface area contributed by atoms with E-state index in [2.05, 4.69) is 36.5 Å². The molecule has 2 heteroatoms. The number of hydrogen-bond acceptors (Lipinski definition) is 2. The second-order valence-corrected chi connectivity index (χ2v) is 4.03. The van der Waals surface area contributed by atoms with Gasteiger partial charge in [0.2, 0.25) is 0 Å². The highest BCUT2D eigenvalue weighted by Crippen LogP contribution is 2.22. The number of nitrogens with one attached hydrogen (secondary N) is 1. The van der Waals surface area contributed by atoms with Gasteiger partial charge >= 0.3 is 0 Å². The summed E-state index contributed by atoms with van der Waals surface area (Å²) in [6.45, 7) is 3.05. The van der Waals surface area contributed by atoms with E-state index in [-0.39, 0.29) is 0 Å². The van der Waals surface area contributed by atoms with Crippen LogP contribution in [0.3, 0.4) is 0 Å². The normalized spacial score (nSPS) is 12.7. The van der Waals surface area contributed by atoms with Crippen LogP contribution in [0.1, 0.15) is 36.9 Å². The van der Waals surface area contributed by atoms with Crippen LogP contribution in [-0.4, -0.2) is 20.8 Å². The van der Waals surface area contributed by atoms with Gasteiger partial charge in [-0.15, -0.1) is 0 Å². The van der Waals surface area contributed by atoms with Gasteiger partial charge in [-0.05, 0) is 37.4 Å². The SMILES string of the molecule is CCc1ccccc1C(CCCOC)NC. The van der Waals surface area contributed by atoms with E-state index in [9.17, 15) is 0 Å². The first-order valence-electron chi connectivity index (χ1n) is 6.07. The fraction of sp³-hybridized carbons (Fsp3) is 0.571. The zero-order valence-electron chi connectivity index (χ0n) is 10.6. The predicted molar refractivity (Wildman–Crippen MR) is 68.7 cm³/mol. The third kappa shape index (κ3) is 3.62. The molecule has 1 rings (SSSR count). The summed E-state index contributed by atoms with van der Waals surface area (Å²) in [7, 11) is 3.79. The minimum Gasteiger partial charge on any atom is -0.385 e. The molecule has 1 unspecified atom stereocenters. The van der Waals surface area contributed by atoms with Crippen molar-refractivity contribution >= 4 is 0 Å². The first kappa shape index (κ1) is 13.2. The lowest BCUT2D eigenvalue weighted by atomic mass is 9.96. The number of methoxy groups -OCH3 is 1. The van der Waals surface area contributed by atoms with Crippen molar-refractivity contribution in [2.45, 2.75) is 32.2 Å². The monoisotopic (exact) mass is 221 g/mol. The lowest BCUT2D eigenvalue weighted by Crippen LogP contribution is -2.18. The average molecular weight is 221 g/mol. The molecule has 0 radical (unpaired) electrons. The summed E-state index contributed by atoms with van der Waals surface area (Å²) in [5.41, 5.74) is 2.88. The van der Waals surface area contributed by atoms with E-state index in [0.717, 1.165) is 25.9 Å². The highest BCUT2D eigenvalue weighted by atomic mass is 16.5. The van der Waals surface area contributed by atoms with Crippen LogP contribution < -0.4 is 5.32 Å². The molecule has 1 N–H and O–H groups in total. The van der Waals surface area contributed by atoms with Crippen molar-refractivity contribution in [2.24, 2.45) is 0 Å². The van der Waals surface area contributed by atoms with Gasteiger partial charge in [-0.25, -0.2) is 0 Å². The van der Waals surface area contributed by atoms with Gasteiger partial charge in [0.25, 0.3) is 0 Å². The number of ether oxygens (including phenoxy) is 1. The van der Waals surface area contributed by atoms with E-state index in [1.165, 1.54) is 11.1 Å². The molecule has 16 heavy (non-hydrogen) atoms. The van der Waals surface area contributed by atoms with Crippen LogP contribution in [0.5, 0.6) is 0 Å². The zero-order chi connectivity index (χ0) is 11.8. The van der Waals surface area contributed by atoms with Crippen LogP contribution in [0.25, 0.3) is 0 Å². The molecule has 2 nitrogen and oxygen atoms in total. The molecule has 0 aromatic heterocycles. The highest BCUT2D eigenvalue weighted by molar-refractivity contribution is 5.29. The lowest BCUT2D eigenvalue weighted by molar-refractivity contribution is 0.189. The van der Waals surface area contributed by atoms with Crippen molar-refractivity contribution in [3.8, 4) is 0 Å². The summed E-state index contributed by atoms with van der Waals surface area (Å²) in [6.07, 6.45) is 3.32. The summed E-state index contributed by atoms with van der Waals surface area (Å²) in [5.74, 6) is 0. The van der Waals surface area contributed by atoms with Crippen LogP contribution in [0.4, 0.5) is 0 Å². The van der Waals surface area contributed by atoms with E-state index in [1.807, 2.05) is 7.05 Å². The summed E-state index contributed by atoms with van der Waals surface area (Å²) in [6, 6.07) is 9.13. The minimum absolute atomic E-state index is 0.450. The standard InChI is InChI=1S/C14H23NO/c1-4-12-8-5-6-9-13(12)14(15-2)10-7-11-16-3/h5-6,8-9,14-15H,4,7,10-11H2,1-3H3. The van der Waals surface area contributed by atoms with Gasteiger partial charge in [-0.3, -0.25) is 0 Å². The topological polar surface area (TPSA) is 21.3 Å². The fourth-order valence-corrected chi connectivity index (χ4v) is 2.08. The number of aryl methyl sites for hydroxylation is 1. The van der Waals surface area contributed by atoms with Crippen molar-refractivity contribution in [3.63, 3.8) is 0 Å². The molecule has 1 atom stereocenters. The fourth-order valence-electron chi connectivity index (χ4n) is 2.08. The number of benzene rings is 1. The van der Waals surface area contributed by atoms with E-state index >= 15 is 0 Å². The third-order valence-electron chi connectivity index (χ3n) is 3.00. The Kier molecular flexibility index (Phi) is 6.12. The van der Waals surface area contributed by atoms with E-state index in [0.29, 0.717) is 6.04 Å². The Morgan fingerprint density at radius 3 is 2.69 bits per heavy atom. The molecule has 90 valence electrons. The van der Waals surface area contributed by atoms with Crippen molar-refractivity contribution in [1.82, 2.24) is 5.32 Å². The van der Waals surface area contributed by atoms with Gasteiger partial charge in [0.1, 0.15) is 0 Å². The van der Waals surface area contributed by atoms with Crippen molar-refractivity contribution in [1.29, 1.82) is 0 Å². The quantitative estimate of drug-likeness (QED) is 0.715. The van der Waals surface area contributed by atoms with Crippen LogP contribution in [0, 0.1) is 0 Å². The van der Waals surface area contributed by atoms with Crippen LogP contribution in [-0.2, 0) is 11.2 Å². The Labute approximate surface area is 99.0 Å². The first-order valence-corrected chi connectivity index (χ1v) is 6.07. The molecule has 0 heterocycles. The molecule has 0 saturated carbocycles. The summed E-state index contributed by atoms with van der Waals surface area (Å²) >= 11 is 0. The predicted octanol–water partition coefficient (Wildman–Crippen LogP) is 2.94. The molecule has 0 spiro atoms. The van der Waals surface area contributed by atoms with Gasteiger partial charge in [0.15, 0.2) is 0 Å². The summed E-state index contributed by atoms with van der Waals surface area (Å²) < 4.78 is 5.10. The maximum absolute atomic E-state index is 5.10. The molecule has 1 aromatic carbocycles. The molecule has 0 aliphatic carbocycles. The molecular weight excluding hydrogens is 198 g/mol. The summed E-state index contributed by atoms with van der Waals surface area (Å²) in [4.78, 5) is 0. The smallest absolute Gasteiger partial charge is 0.0462 e. The van der Waals surface area contributed by atoms with Gasteiger partial charge in [-0.2, -0.15) is 0 Å². The largest absolute Gasteiger partial charge is 0.385 e. The maximum Gasteiger partial charge on any atom is 0.0462 e. The molecule has 0 aliphatic heterocycles. The van der Waals surface area contributed by atoms with Gasteiger partial charge in [0.05, 0.1) is 0 Å². The highest BCUT2D eigenvalue weighted by Gasteiger charge is 2.11. The number of rotatable bonds is 7. The molecule has 0 saturated heterocycles. The third-order valence-corrected chi connectivity index (χ3v) is 3.00. The maximum atomic E-state index is 5.10. The summed E-state index contributed by atoms with van der Waals surface area (Å²) in [5, 5.41) is 3.40. The van der Waals surface area contributed by atoms with Gasteiger partial charge in [-0.1, -0.05) is 31.2 Å². The molecule has 0 amide bonds. The molecule has 0 fully saturated rings. The lowest BCUT2D eigenvalue weighted by Gasteiger charge is -2.19. The second kappa shape index (κ2) is 7.42. The average Bonchev–Trinajstić information content (AvgIpc) is 2.35. The van der Waals surface area contributed by atoms with Crippen molar-refractivity contribution in [2.75, 3.05) is 20.8 Å². The van der Waals surface area contributed by atoms with Crippen LogP contribution >= 0.6 is 0 Å². The van der Waals surface area contributed by atoms with Crippen molar-refractivity contribution in [3.05, 3.63) is 35.4 Å². The Morgan fingerprint density at radius 1 is 1.31 bits per heavy atom. The van der Waals surface area contributed by atoms with Crippen LogP contribution in [0.15, 0.2) is 24.3 Å². The minimum atomic E-state index is 0.450. The molecular formula is C14H23NO. The first-order chi connectivity index (χ1) is 7.83. The Morgan fingerprint density at radius 2 is 2.06 bits per heavy atom. The Hall–Kier alpha value is -0.860. The number of hydrogen-bond donors (Lipinski definition) is 1. The van der Waals surface area contributed by atoms with Crippen LogP contribution in [0.2, 0.25) is 0 Å². The van der Waals surface area contributed by atoms with Gasteiger partial charge < -0.3 is 10.1 Å². The molecule has 0 aliphatic rings. The Balaban J connectivity index is 2.69. The molecule has 1 aromatic rings. The van der Waals surface area contributed by atoms with E-state index in [1.54, 1.807) is 7.11 Å².